The number of hydrogen-bond acceptors (Lipinski definition) is 1. The molecule has 1 N–H and O–H groups in total. The van der Waals surface area contributed by atoms with Gasteiger partial charge in [-0.05, 0) is 55.3 Å². The van der Waals surface area contributed by atoms with Crippen LogP contribution >= 0.6 is 0 Å². The molecule has 0 bridgehead atoms. The van der Waals surface area contributed by atoms with Crippen LogP contribution in [0.3, 0.4) is 0 Å². The molecule has 2 heterocycles. The molecule has 24 heavy (non-hydrogen) atoms. The van der Waals surface area contributed by atoms with Crippen LogP contribution in [-0.2, 0) is 13.0 Å². The lowest BCUT2D eigenvalue weighted by molar-refractivity contribution is 0.0735. The minimum atomic E-state index is -0.246. The van der Waals surface area contributed by atoms with E-state index in [0.717, 1.165) is 39.7 Å². The van der Waals surface area contributed by atoms with Crippen molar-refractivity contribution in [2.75, 3.05) is 6.54 Å². The Bertz CT molecular complexity index is 958. The van der Waals surface area contributed by atoms with Gasteiger partial charge in [0.25, 0.3) is 5.91 Å². The van der Waals surface area contributed by atoms with Gasteiger partial charge >= 0.3 is 0 Å². The maximum atomic E-state index is 13.4. The highest BCUT2D eigenvalue weighted by molar-refractivity contribution is 5.95. The Balaban J connectivity index is 1.67. The predicted molar refractivity (Wildman–Crippen MR) is 92.6 cm³/mol. The zero-order chi connectivity index (χ0) is 16.8. The van der Waals surface area contributed by atoms with Crippen molar-refractivity contribution in [1.82, 2.24) is 9.88 Å². The van der Waals surface area contributed by atoms with Crippen LogP contribution in [0.15, 0.2) is 36.4 Å². The van der Waals surface area contributed by atoms with E-state index in [0.29, 0.717) is 13.1 Å². The number of aromatic nitrogens is 1. The van der Waals surface area contributed by atoms with Crippen molar-refractivity contribution in [3.63, 3.8) is 0 Å². The number of rotatable bonds is 1. The zero-order valence-electron chi connectivity index (χ0n) is 13.8. The van der Waals surface area contributed by atoms with E-state index in [1.165, 1.54) is 17.7 Å². The summed E-state index contributed by atoms with van der Waals surface area (Å²) in [4.78, 5) is 18.0. The summed E-state index contributed by atoms with van der Waals surface area (Å²) in [5.74, 6) is -0.190. The monoisotopic (exact) mass is 322 g/mol. The van der Waals surface area contributed by atoms with E-state index in [1.807, 2.05) is 36.9 Å². The van der Waals surface area contributed by atoms with Gasteiger partial charge < -0.3 is 9.88 Å². The van der Waals surface area contributed by atoms with E-state index in [4.69, 9.17) is 0 Å². The van der Waals surface area contributed by atoms with Gasteiger partial charge in [0, 0.05) is 47.2 Å². The molecule has 0 radical (unpaired) electrons. The molecule has 1 aliphatic rings. The van der Waals surface area contributed by atoms with E-state index >= 15 is 0 Å². The minimum absolute atomic E-state index is 0.0558. The van der Waals surface area contributed by atoms with Crippen molar-refractivity contribution in [3.8, 4) is 0 Å². The minimum Gasteiger partial charge on any atom is -0.358 e. The molecule has 4 rings (SSSR count). The molecule has 4 heteroatoms. The molecule has 0 aliphatic carbocycles. The van der Waals surface area contributed by atoms with Crippen molar-refractivity contribution in [2.45, 2.75) is 26.8 Å². The lowest BCUT2D eigenvalue weighted by Crippen LogP contribution is -2.35. The number of nitrogens with one attached hydrogen (secondary N) is 1. The second-order valence-electron chi connectivity index (χ2n) is 6.55. The number of benzene rings is 2. The van der Waals surface area contributed by atoms with E-state index in [9.17, 15) is 9.18 Å². The predicted octanol–water partition coefficient (Wildman–Crippen LogP) is 4.12. The van der Waals surface area contributed by atoms with E-state index < -0.39 is 0 Å². The number of carbonyl (C=O) groups is 1. The zero-order valence-corrected chi connectivity index (χ0v) is 13.8. The number of amides is 1. The number of H-pyrrole nitrogens is 1. The average Bonchev–Trinajstić information content (AvgIpc) is 2.93. The van der Waals surface area contributed by atoms with Crippen LogP contribution in [0.1, 0.15) is 32.7 Å². The molecule has 1 amide bonds. The first kappa shape index (κ1) is 14.9. The molecular formula is C20H19FN2O. The van der Waals surface area contributed by atoms with E-state index in [-0.39, 0.29) is 11.7 Å². The Morgan fingerprint density at radius 3 is 2.75 bits per heavy atom. The first-order valence-corrected chi connectivity index (χ1v) is 8.18. The van der Waals surface area contributed by atoms with Crippen molar-refractivity contribution < 1.29 is 9.18 Å². The van der Waals surface area contributed by atoms with Gasteiger partial charge in [0.2, 0.25) is 0 Å². The smallest absolute Gasteiger partial charge is 0.254 e. The van der Waals surface area contributed by atoms with Gasteiger partial charge in [0.15, 0.2) is 0 Å². The van der Waals surface area contributed by atoms with Gasteiger partial charge in [-0.3, -0.25) is 4.79 Å². The molecule has 0 saturated carbocycles. The van der Waals surface area contributed by atoms with Crippen LogP contribution in [0.2, 0.25) is 0 Å². The number of carbonyl (C=O) groups excluding carboxylic acids is 1. The number of aromatic amines is 1. The van der Waals surface area contributed by atoms with Crippen LogP contribution in [0.5, 0.6) is 0 Å². The lowest BCUT2D eigenvalue weighted by Gasteiger charge is -2.27. The summed E-state index contributed by atoms with van der Waals surface area (Å²) in [5.41, 5.74) is 6.06. The summed E-state index contributed by atoms with van der Waals surface area (Å²) in [6.07, 6.45) is 0.766. The molecule has 2 aromatic carbocycles. The number of hydrogen-bond donors (Lipinski definition) is 1. The highest BCUT2D eigenvalue weighted by Gasteiger charge is 2.25. The highest BCUT2D eigenvalue weighted by atomic mass is 19.1. The summed E-state index contributed by atoms with van der Waals surface area (Å²) in [7, 11) is 0. The molecule has 1 aromatic heterocycles. The Labute approximate surface area is 140 Å². The summed E-state index contributed by atoms with van der Waals surface area (Å²) < 4.78 is 13.4. The van der Waals surface area contributed by atoms with E-state index in [1.54, 1.807) is 6.07 Å². The van der Waals surface area contributed by atoms with Gasteiger partial charge in [-0.2, -0.15) is 0 Å². The maximum Gasteiger partial charge on any atom is 0.254 e. The lowest BCUT2D eigenvalue weighted by atomic mass is 10.0. The average molecular weight is 322 g/mol. The molecule has 0 fully saturated rings. The van der Waals surface area contributed by atoms with E-state index in [2.05, 4.69) is 4.98 Å². The third kappa shape index (κ3) is 2.39. The fourth-order valence-corrected chi connectivity index (χ4v) is 3.42. The van der Waals surface area contributed by atoms with Crippen molar-refractivity contribution in [3.05, 3.63) is 70.2 Å². The Morgan fingerprint density at radius 2 is 1.96 bits per heavy atom. The number of halogens is 1. The first-order valence-electron chi connectivity index (χ1n) is 8.18. The fourth-order valence-electron chi connectivity index (χ4n) is 3.42. The largest absolute Gasteiger partial charge is 0.358 e. The third-order valence-corrected chi connectivity index (χ3v) is 4.98. The summed E-state index contributed by atoms with van der Waals surface area (Å²) in [6, 6.07) is 10.6. The van der Waals surface area contributed by atoms with Crippen molar-refractivity contribution >= 4 is 16.8 Å². The van der Waals surface area contributed by atoms with Crippen LogP contribution in [0.4, 0.5) is 4.39 Å². The molecule has 3 aromatic rings. The quantitative estimate of drug-likeness (QED) is 0.719. The molecule has 122 valence electrons. The molecule has 3 nitrogen and oxygen atoms in total. The van der Waals surface area contributed by atoms with Gasteiger partial charge in [-0.15, -0.1) is 0 Å². The van der Waals surface area contributed by atoms with Crippen molar-refractivity contribution in [1.29, 1.82) is 0 Å². The van der Waals surface area contributed by atoms with Gasteiger partial charge in [-0.1, -0.05) is 6.07 Å². The standard InChI is InChI=1S/C20H19FN2O/c1-12-3-4-14(9-13(12)2)20(24)23-8-7-18-17(11-23)16-6-5-15(21)10-19(16)22-18/h3-6,9-10,22H,7-8,11H2,1-2H3. The Kier molecular flexibility index (Phi) is 3.41. The topological polar surface area (TPSA) is 36.1 Å². The molecule has 1 aliphatic heterocycles. The third-order valence-electron chi connectivity index (χ3n) is 4.98. The summed E-state index contributed by atoms with van der Waals surface area (Å²) in [5, 5.41) is 1.00. The maximum absolute atomic E-state index is 13.4. The Hall–Kier alpha value is -2.62. The van der Waals surface area contributed by atoms with Gasteiger partial charge in [0.05, 0.1) is 0 Å². The van der Waals surface area contributed by atoms with Crippen LogP contribution in [-0.4, -0.2) is 22.3 Å². The molecule has 0 unspecified atom stereocenters. The molecule has 0 spiro atoms. The van der Waals surface area contributed by atoms with Crippen LogP contribution in [0, 0.1) is 19.7 Å². The fraction of sp³-hybridized carbons (Fsp3) is 0.250. The second kappa shape index (κ2) is 5.48. The normalized spacial score (nSPS) is 14.0. The second-order valence-corrected chi connectivity index (χ2v) is 6.55. The first-order chi connectivity index (χ1) is 11.5. The SMILES string of the molecule is Cc1ccc(C(=O)N2CCc3[nH]c4cc(F)ccc4c3C2)cc1C. The molecule has 0 atom stereocenters. The summed E-state index contributed by atoms with van der Waals surface area (Å²) >= 11 is 0. The summed E-state index contributed by atoms with van der Waals surface area (Å²) in [6.45, 7) is 5.30. The van der Waals surface area contributed by atoms with Gasteiger partial charge in [0.1, 0.15) is 5.82 Å². The van der Waals surface area contributed by atoms with Gasteiger partial charge in [-0.25, -0.2) is 4.39 Å². The van der Waals surface area contributed by atoms with Crippen molar-refractivity contribution in [2.24, 2.45) is 0 Å². The van der Waals surface area contributed by atoms with Crippen LogP contribution < -0.4 is 0 Å². The highest BCUT2D eigenvalue weighted by Crippen LogP contribution is 2.29. The van der Waals surface area contributed by atoms with Crippen LogP contribution in [0.25, 0.3) is 10.9 Å². The molecule has 0 saturated heterocycles. The number of aryl methyl sites for hydroxylation is 2. The molecular weight excluding hydrogens is 303 g/mol. The number of fused-ring (bicyclic) bond motifs is 3. The Morgan fingerprint density at radius 1 is 1.12 bits per heavy atom. The number of nitrogens with zero attached hydrogens (tertiary/aromatic N) is 1.